The number of aryl methyl sites for hydroxylation is 2. The number of ether oxygens (including phenoxy) is 2. The number of rotatable bonds is 9. The maximum absolute atomic E-state index is 14.4. The van der Waals surface area contributed by atoms with Crippen LogP contribution in [-0.2, 0) is 23.9 Å². The summed E-state index contributed by atoms with van der Waals surface area (Å²) in [5.41, 5.74) is 0.686. The second-order valence-corrected chi connectivity index (χ2v) is 9.87. The highest BCUT2D eigenvalue weighted by Gasteiger charge is 2.79. The fourth-order valence-electron chi connectivity index (χ4n) is 6.53. The number of carbonyl (C=O) groups is 3. The Morgan fingerprint density at radius 1 is 1.31 bits per heavy atom. The molecule has 8 heteroatoms. The molecule has 3 saturated heterocycles. The first-order valence-electron chi connectivity index (χ1n) is 12.5. The summed E-state index contributed by atoms with van der Waals surface area (Å²) < 4.78 is 12.1. The SMILES string of the molecule is C=CCN(C(=O)C1N(CCO)C(=O)[C@@H]2[C@@H](C(=O)OCC)[C@@]3(CC)CCC12O3)c1cc(C)ccc1C. The quantitative estimate of drug-likeness (QED) is 0.428. The van der Waals surface area contributed by atoms with Crippen molar-refractivity contribution in [3.8, 4) is 0 Å². The Morgan fingerprint density at radius 3 is 2.69 bits per heavy atom. The molecular formula is C27H36N2O6. The highest BCUT2D eigenvalue weighted by atomic mass is 16.6. The van der Waals surface area contributed by atoms with Crippen LogP contribution in [0.1, 0.15) is 44.2 Å². The van der Waals surface area contributed by atoms with Crippen molar-refractivity contribution >= 4 is 23.5 Å². The molecule has 0 aromatic heterocycles. The van der Waals surface area contributed by atoms with Crippen LogP contribution in [-0.4, -0.2) is 71.3 Å². The molecule has 3 fully saturated rings. The molecule has 1 spiro atoms. The van der Waals surface area contributed by atoms with Crippen LogP contribution in [0.5, 0.6) is 0 Å². The molecule has 0 aliphatic carbocycles. The van der Waals surface area contributed by atoms with E-state index in [1.54, 1.807) is 17.9 Å². The van der Waals surface area contributed by atoms with Gasteiger partial charge in [-0.1, -0.05) is 25.1 Å². The third-order valence-electron chi connectivity index (χ3n) is 8.03. The van der Waals surface area contributed by atoms with Gasteiger partial charge < -0.3 is 24.4 Å². The molecule has 4 rings (SSSR count). The van der Waals surface area contributed by atoms with Crippen molar-refractivity contribution in [2.45, 2.75) is 64.2 Å². The number of esters is 1. The molecule has 3 heterocycles. The Labute approximate surface area is 206 Å². The van der Waals surface area contributed by atoms with E-state index in [0.717, 1.165) is 16.8 Å². The summed E-state index contributed by atoms with van der Waals surface area (Å²) in [4.78, 5) is 44.4. The Morgan fingerprint density at radius 2 is 2.06 bits per heavy atom. The average Bonchev–Trinajstić information content (AvgIpc) is 3.43. The van der Waals surface area contributed by atoms with Crippen molar-refractivity contribution in [2.75, 3.05) is 31.2 Å². The van der Waals surface area contributed by atoms with Gasteiger partial charge in [-0.3, -0.25) is 14.4 Å². The second-order valence-electron chi connectivity index (χ2n) is 9.87. The molecule has 1 N–H and O–H groups in total. The molecule has 2 bridgehead atoms. The highest BCUT2D eigenvalue weighted by Crippen LogP contribution is 2.64. The van der Waals surface area contributed by atoms with E-state index in [0.29, 0.717) is 19.3 Å². The monoisotopic (exact) mass is 484 g/mol. The van der Waals surface area contributed by atoms with Crippen molar-refractivity contribution in [3.05, 3.63) is 42.0 Å². The molecule has 2 unspecified atom stereocenters. The number of carbonyl (C=O) groups excluding carboxylic acids is 3. The first kappa shape index (κ1) is 25.4. The van der Waals surface area contributed by atoms with Crippen LogP contribution in [0.2, 0.25) is 0 Å². The molecule has 1 aromatic carbocycles. The highest BCUT2D eigenvalue weighted by molar-refractivity contribution is 6.05. The summed E-state index contributed by atoms with van der Waals surface area (Å²) in [5.74, 6) is -2.67. The van der Waals surface area contributed by atoms with Crippen molar-refractivity contribution < 1.29 is 29.0 Å². The topological polar surface area (TPSA) is 96.4 Å². The van der Waals surface area contributed by atoms with Crippen LogP contribution in [0.3, 0.4) is 0 Å². The van der Waals surface area contributed by atoms with Gasteiger partial charge >= 0.3 is 5.97 Å². The van der Waals surface area contributed by atoms with Gasteiger partial charge in [-0.15, -0.1) is 6.58 Å². The van der Waals surface area contributed by atoms with Crippen LogP contribution in [0.4, 0.5) is 5.69 Å². The summed E-state index contributed by atoms with van der Waals surface area (Å²) >= 11 is 0. The zero-order valence-electron chi connectivity index (χ0n) is 21.1. The van der Waals surface area contributed by atoms with Crippen LogP contribution < -0.4 is 4.90 Å². The van der Waals surface area contributed by atoms with E-state index in [4.69, 9.17) is 9.47 Å². The van der Waals surface area contributed by atoms with Crippen LogP contribution in [0.15, 0.2) is 30.9 Å². The van der Waals surface area contributed by atoms with E-state index in [2.05, 4.69) is 6.58 Å². The Hall–Kier alpha value is -2.71. The molecule has 0 saturated carbocycles. The number of aliphatic hydroxyl groups excluding tert-OH is 1. The third-order valence-corrected chi connectivity index (χ3v) is 8.03. The van der Waals surface area contributed by atoms with Crippen LogP contribution in [0, 0.1) is 25.7 Å². The fourth-order valence-corrected chi connectivity index (χ4v) is 6.53. The van der Waals surface area contributed by atoms with Crippen LogP contribution in [0.25, 0.3) is 0 Å². The summed E-state index contributed by atoms with van der Waals surface area (Å²) in [6.07, 6.45) is 3.25. The number of aliphatic hydroxyl groups is 1. The summed E-state index contributed by atoms with van der Waals surface area (Å²) in [7, 11) is 0. The van der Waals surface area contributed by atoms with E-state index in [1.165, 1.54) is 4.90 Å². The van der Waals surface area contributed by atoms with E-state index in [-0.39, 0.29) is 38.1 Å². The maximum atomic E-state index is 14.4. The second kappa shape index (κ2) is 9.39. The van der Waals surface area contributed by atoms with Gasteiger partial charge in [0.05, 0.1) is 24.7 Å². The molecular weight excluding hydrogens is 448 g/mol. The number of hydrogen-bond donors (Lipinski definition) is 1. The number of nitrogens with zero attached hydrogens (tertiary/aromatic N) is 2. The van der Waals surface area contributed by atoms with Gasteiger partial charge in [-0.05, 0) is 57.2 Å². The van der Waals surface area contributed by atoms with E-state index in [9.17, 15) is 19.5 Å². The lowest BCUT2D eigenvalue weighted by Crippen LogP contribution is -2.57. The van der Waals surface area contributed by atoms with E-state index >= 15 is 0 Å². The number of likely N-dealkylation sites (tertiary alicyclic amines) is 1. The van der Waals surface area contributed by atoms with Gasteiger partial charge in [0.15, 0.2) is 0 Å². The fraction of sp³-hybridized carbons (Fsp3) is 0.593. The van der Waals surface area contributed by atoms with Crippen LogP contribution >= 0.6 is 0 Å². The summed E-state index contributed by atoms with van der Waals surface area (Å²) in [6, 6.07) is 4.93. The van der Waals surface area contributed by atoms with Crippen molar-refractivity contribution in [2.24, 2.45) is 11.8 Å². The third kappa shape index (κ3) is 3.69. The van der Waals surface area contributed by atoms with Crippen molar-refractivity contribution in [1.29, 1.82) is 0 Å². The van der Waals surface area contributed by atoms with Crippen molar-refractivity contribution in [3.63, 3.8) is 0 Å². The molecule has 3 aliphatic heterocycles. The summed E-state index contributed by atoms with van der Waals surface area (Å²) in [6.45, 7) is 11.6. The number of benzene rings is 1. The Bertz CT molecular complexity index is 1040. The van der Waals surface area contributed by atoms with Gasteiger partial charge in [0, 0.05) is 18.8 Å². The lowest BCUT2D eigenvalue weighted by Gasteiger charge is -2.37. The number of anilines is 1. The molecule has 1 aromatic rings. The Kier molecular flexibility index (Phi) is 6.81. The molecule has 8 nitrogen and oxygen atoms in total. The molecule has 3 aliphatic rings. The standard InChI is InChI=1S/C27H36N2O6/c1-6-13-28(19-16-17(4)9-10-18(19)5)24(32)22-27-12-11-26(7-2,35-27)21(25(33)34-8-3)20(27)23(31)29(22)14-15-30/h6,9-10,16,20-22,30H,1,7-8,11-15H2,2-5H3/t20-,21-,22?,26+,27?/m0/s1. The number of β-amino-alcohol motifs (C(OH)–C–C–N with tert-alkyl or cyclic N) is 1. The molecule has 5 atom stereocenters. The van der Waals surface area contributed by atoms with E-state index in [1.807, 2.05) is 39.0 Å². The molecule has 35 heavy (non-hydrogen) atoms. The largest absolute Gasteiger partial charge is 0.466 e. The Balaban J connectivity index is 1.83. The van der Waals surface area contributed by atoms with Gasteiger partial charge in [0.25, 0.3) is 5.91 Å². The summed E-state index contributed by atoms with van der Waals surface area (Å²) in [5, 5.41) is 9.80. The van der Waals surface area contributed by atoms with Gasteiger partial charge in [0.2, 0.25) is 5.91 Å². The smallest absolute Gasteiger partial charge is 0.312 e. The molecule has 2 amide bonds. The zero-order chi connectivity index (χ0) is 25.5. The molecule has 0 radical (unpaired) electrons. The predicted molar refractivity (Wildman–Crippen MR) is 131 cm³/mol. The predicted octanol–water partition coefficient (Wildman–Crippen LogP) is 2.53. The van der Waals surface area contributed by atoms with Gasteiger partial charge in [-0.25, -0.2) is 0 Å². The minimum Gasteiger partial charge on any atom is -0.466 e. The zero-order valence-corrected chi connectivity index (χ0v) is 21.1. The number of hydrogen-bond acceptors (Lipinski definition) is 6. The number of amides is 2. The first-order chi connectivity index (χ1) is 16.7. The minimum absolute atomic E-state index is 0.0136. The first-order valence-corrected chi connectivity index (χ1v) is 12.5. The number of fused-ring (bicyclic) bond motifs is 1. The minimum atomic E-state index is -1.14. The average molecular weight is 485 g/mol. The lowest BCUT2D eigenvalue weighted by atomic mass is 9.65. The maximum Gasteiger partial charge on any atom is 0.312 e. The van der Waals surface area contributed by atoms with Crippen molar-refractivity contribution in [1.82, 2.24) is 4.90 Å². The normalized spacial score (nSPS) is 30.9. The van der Waals surface area contributed by atoms with Gasteiger partial charge in [-0.2, -0.15) is 0 Å². The molecule has 190 valence electrons. The van der Waals surface area contributed by atoms with E-state index < -0.39 is 35.0 Å². The van der Waals surface area contributed by atoms with Gasteiger partial charge in [0.1, 0.15) is 17.6 Å². The lowest BCUT2D eigenvalue weighted by molar-refractivity contribution is -0.160.